The third kappa shape index (κ3) is 2.27. The van der Waals surface area contributed by atoms with Gasteiger partial charge in [-0.1, -0.05) is 15.9 Å². The average molecular weight is 331 g/mol. The second-order valence-electron chi connectivity index (χ2n) is 5.47. The Bertz CT molecular complexity index is 457. The highest BCUT2D eigenvalue weighted by atomic mass is 79.9. The fraction of sp³-hybridized carbons (Fsp3) is 0.571. The summed E-state index contributed by atoms with van der Waals surface area (Å²) in [5.41, 5.74) is 0.158. The minimum atomic E-state index is -0.466. The number of anilines is 1. The van der Waals surface area contributed by atoms with Crippen LogP contribution in [-0.4, -0.2) is 25.2 Å². The lowest BCUT2D eigenvalue weighted by Gasteiger charge is -2.40. The van der Waals surface area contributed by atoms with Crippen molar-refractivity contribution in [1.82, 2.24) is 5.32 Å². The quantitative estimate of drug-likeness (QED) is 0.893. The molecule has 2 atom stereocenters. The molecule has 2 bridgehead atoms. The Balaban J connectivity index is 1.96. The molecule has 0 saturated carbocycles. The zero-order chi connectivity index (χ0) is 13.6. The van der Waals surface area contributed by atoms with Gasteiger partial charge in [0.15, 0.2) is 11.6 Å². The number of fused-ring (bicyclic) bond motifs is 2. The van der Waals surface area contributed by atoms with Crippen LogP contribution in [0.4, 0.5) is 14.5 Å². The van der Waals surface area contributed by atoms with E-state index in [1.54, 1.807) is 0 Å². The van der Waals surface area contributed by atoms with Crippen molar-refractivity contribution in [3.63, 3.8) is 0 Å². The van der Waals surface area contributed by atoms with E-state index in [1.165, 1.54) is 12.1 Å². The van der Waals surface area contributed by atoms with Gasteiger partial charge in [0.2, 0.25) is 0 Å². The van der Waals surface area contributed by atoms with Crippen molar-refractivity contribution in [1.29, 1.82) is 0 Å². The minimum Gasteiger partial charge on any atom is -0.361 e. The molecule has 1 aromatic rings. The molecule has 2 nitrogen and oxygen atoms in total. The number of rotatable bonds is 2. The summed E-state index contributed by atoms with van der Waals surface area (Å²) < 4.78 is 28.7. The molecule has 2 unspecified atom stereocenters. The topological polar surface area (TPSA) is 15.3 Å². The first-order valence-corrected chi connectivity index (χ1v) is 7.49. The summed E-state index contributed by atoms with van der Waals surface area (Å²) in [6.07, 6.45) is 3.97. The van der Waals surface area contributed by atoms with Gasteiger partial charge in [0.25, 0.3) is 0 Å². The first-order valence-electron chi connectivity index (χ1n) is 6.70. The van der Waals surface area contributed by atoms with Crippen molar-refractivity contribution in [2.75, 3.05) is 11.9 Å². The van der Waals surface area contributed by atoms with Gasteiger partial charge in [0, 0.05) is 22.6 Å². The van der Waals surface area contributed by atoms with Crippen molar-refractivity contribution in [3.8, 4) is 0 Å². The summed E-state index contributed by atoms with van der Waals surface area (Å²) in [5.74, 6) is -0.932. The van der Waals surface area contributed by atoms with E-state index >= 15 is 0 Å². The third-order valence-electron chi connectivity index (χ3n) is 4.38. The maximum atomic E-state index is 14.1. The van der Waals surface area contributed by atoms with E-state index in [4.69, 9.17) is 0 Å². The lowest BCUT2D eigenvalue weighted by Crippen LogP contribution is -2.49. The van der Waals surface area contributed by atoms with E-state index in [1.807, 2.05) is 11.9 Å². The molecule has 2 aliphatic heterocycles. The number of halogens is 3. The maximum absolute atomic E-state index is 14.1. The van der Waals surface area contributed by atoms with Crippen LogP contribution in [0.25, 0.3) is 0 Å². The Morgan fingerprint density at radius 1 is 1.16 bits per heavy atom. The van der Waals surface area contributed by atoms with Gasteiger partial charge < -0.3 is 10.2 Å². The Labute approximate surface area is 120 Å². The molecule has 5 heteroatoms. The summed E-state index contributed by atoms with van der Waals surface area (Å²) in [7, 11) is 1.96. The molecular weight excluding hydrogens is 314 g/mol. The van der Waals surface area contributed by atoms with Gasteiger partial charge in [-0.3, -0.25) is 0 Å². The fourth-order valence-corrected chi connectivity index (χ4v) is 3.96. The van der Waals surface area contributed by atoms with E-state index in [0.29, 0.717) is 10.5 Å². The zero-order valence-corrected chi connectivity index (χ0v) is 12.4. The van der Waals surface area contributed by atoms with Gasteiger partial charge in [-0.15, -0.1) is 0 Å². The maximum Gasteiger partial charge on any atom is 0.150 e. The second kappa shape index (κ2) is 5.02. The molecule has 104 valence electrons. The van der Waals surface area contributed by atoms with Gasteiger partial charge in [0.05, 0.1) is 0 Å². The number of hydrogen-bond donors (Lipinski definition) is 1. The van der Waals surface area contributed by atoms with Gasteiger partial charge >= 0.3 is 0 Å². The number of nitrogens with zero attached hydrogens (tertiary/aromatic N) is 1. The lowest BCUT2D eigenvalue weighted by molar-refractivity contribution is 0.367. The summed E-state index contributed by atoms with van der Waals surface area (Å²) in [6, 6.07) is 3.67. The largest absolute Gasteiger partial charge is 0.361 e. The minimum absolute atomic E-state index is 0.158. The monoisotopic (exact) mass is 330 g/mol. The molecular formula is C14H17BrF2N2. The molecule has 3 rings (SSSR count). The molecule has 2 saturated heterocycles. The third-order valence-corrected chi connectivity index (χ3v) is 4.84. The molecule has 0 amide bonds. The first kappa shape index (κ1) is 13.3. The van der Waals surface area contributed by atoms with Crippen molar-refractivity contribution in [3.05, 3.63) is 28.2 Å². The van der Waals surface area contributed by atoms with Crippen LogP contribution in [0.3, 0.4) is 0 Å². The van der Waals surface area contributed by atoms with E-state index in [-0.39, 0.29) is 17.8 Å². The normalized spacial score (nSPS) is 29.9. The molecule has 1 aromatic carbocycles. The standard InChI is InChI=1S/C14H17BrF2N2/c1-18-9-6-10-2-3-11(7-9)19(10)14-12(16)4-8(15)5-13(14)17/h4-5,9-11,18H,2-3,6-7H2,1H3. The number of hydrogen-bond acceptors (Lipinski definition) is 2. The van der Waals surface area contributed by atoms with Crippen molar-refractivity contribution >= 4 is 21.6 Å². The fourth-order valence-electron chi connectivity index (χ4n) is 3.56. The van der Waals surface area contributed by atoms with Crippen LogP contribution in [0, 0.1) is 11.6 Å². The molecule has 0 aromatic heterocycles. The van der Waals surface area contributed by atoms with Crippen molar-refractivity contribution in [2.24, 2.45) is 0 Å². The highest BCUT2D eigenvalue weighted by Crippen LogP contribution is 2.41. The lowest BCUT2D eigenvalue weighted by atomic mass is 9.96. The Kier molecular flexibility index (Phi) is 3.52. The van der Waals surface area contributed by atoms with Crippen LogP contribution in [0.15, 0.2) is 16.6 Å². The molecule has 1 N–H and O–H groups in total. The summed E-state index contributed by atoms with van der Waals surface area (Å²) >= 11 is 3.13. The van der Waals surface area contributed by atoms with Gasteiger partial charge in [-0.05, 0) is 44.9 Å². The Hall–Kier alpha value is -0.680. The summed E-state index contributed by atoms with van der Waals surface area (Å²) in [6.45, 7) is 0. The van der Waals surface area contributed by atoms with Crippen LogP contribution in [0.1, 0.15) is 25.7 Å². The van der Waals surface area contributed by atoms with Crippen LogP contribution >= 0.6 is 15.9 Å². The number of benzene rings is 1. The van der Waals surface area contributed by atoms with Crippen LogP contribution in [0.2, 0.25) is 0 Å². The SMILES string of the molecule is CNC1CC2CCC(C1)N2c1c(F)cc(Br)cc1F. The number of piperidine rings is 1. The molecule has 2 heterocycles. The molecule has 2 aliphatic rings. The van der Waals surface area contributed by atoms with Crippen LogP contribution in [0.5, 0.6) is 0 Å². The Morgan fingerprint density at radius 3 is 2.16 bits per heavy atom. The van der Waals surface area contributed by atoms with Crippen LogP contribution in [-0.2, 0) is 0 Å². The highest BCUT2D eigenvalue weighted by molar-refractivity contribution is 9.10. The second-order valence-corrected chi connectivity index (χ2v) is 6.38. The number of nitrogens with one attached hydrogen (secondary N) is 1. The van der Waals surface area contributed by atoms with Crippen molar-refractivity contribution < 1.29 is 8.78 Å². The first-order chi connectivity index (χ1) is 9.10. The summed E-state index contributed by atoms with van der Waals surface area (Å²) in [4.78, 5) is 1.98. The highest BCUT2D eigenvalue weighted by Gasteiger charge is 2.42. The average Bonchev–Trinajstić information content (AvgIpc) is 2.60. The molecule has 19 heavy (non-hydrogen) atoms. The molecule has 0 aliphatic carbocycles. The Morgan fingerprint density at radius 2 is 1.68 bits per heavy atom. The predicted molar refractivity (Wildman–Crippen MR) is 75.4 cm³/mol. The predicted octanol–water partition coefficient (Wildman–Crippen LogP) is 3.45. The molecule has 0 spiro atoms. The summed E-state index contributed by atoms with van der Waals surface area (Å²) in [5, 5.41) is 3.29. The van der Waals surface area contributed by atoms with E-state index in [2.05, 4.69) is 21.2 Å². The van der Waals surface area contributed by atoms with Crippen LogP contribution < -0.4 is 10.2 Å². The molecule has 2 fully saturated rings. The van der Waals surface area contributed by atoms with Gasteiger partial charge in [-0.25, -0.2) is 8.78 Å². The molecule has 0 radical (unpaired) electrons. The van der Waals surface area contributed by atoms with Gasteiger partial charge in [0.1, 0.15) is 5.69 Å². The van der Waals surface area contributed by atoms with Crippen molar-refractivity contribution in [2.45, 2.75) is 43.8 Å². The van der Waals surface area contributed by atoms with E-state index < -0.39 is 11.6 Å². The zero-order valence-electron chi connectivity index (χ0n) is 10.8. The van der Waals surface area contributed by atoms with E-state index in [9.17, 15) is 8.78 Å². The smallest absolute Gasteiger partial charge is 0.150 e. The van der Waals surface area contributed by atoms with Gasteiger partial charge in [-0.2, -0.15) is 0 Å². The van der Waals surface area contributed by atoms with E-state index in [0.717, 1.165) is 25.7 Å².